The van der Waals surface area contributed by atoms with Crippen LogP contribution in [0.15, 0.2) is 24.3 Å². The molecule has 29 heavy (non-hydrogen) atoms. The molecule has 2 amide bonds. The van der Waals surface area contributed by atoms with Gasteiger partial charge < -0.3 is 24.4 Å². The highest BCUT2D eigenvalue weighted by Gasteiger charge is 2.36. The molecule has 1 N–H and O–H groups in total. The molecule has 0 aliphatic carbocycles. The minimum Gasteiger partial charge on any atom is -0.492 e. The number of methoxy groups -OCH3 is 1. The van der Waals surface area contributed by atoms with Crippen molar-refractivity contribution in [1.29, 1.82) is 0 Å². The molecule has 1 saturated heterocycles. The molecule has 2 heterocycles. The molecule has 1 aromatic rings. The Morgan fingerprint density at radius 1 is 1.17 bits per heavy atom. The van der Waals surface area contributed by atoms with Crippen molar-refractivity contribution in [3.63, 3.8) is 0 Å². The van der Waals surface area contributed by atoms with Crippen molar-refractivity contribution in [2.24, 2.45) is 5.41 Å². The maximum atomic E-state index is 12.5. The van der Waals surface area contributed by atoms with E-state index in [-0.39, 0.29) is 23.8 Å². The summed E-state index contributed by atoms with van der Waals surface area (Å²) >= 11 is 0. The Hall–Kier alpha value is -2.12. The third-order valence-corrected chi connectivity index (χ3v) is 5.89. The molecule has 7 heteroatoms. The third kappa shape index (κ3) is 5.93. The van der Waals surface area contributed by atoms with E-state index in [2.05, 4.69) is 5.32 Å². The Morgan fingerprint density at radius 3 is 2.76 bits per heavy atom. The van der Waals surface area contributed by atoms with Crippen LogP contribution in [0.4, 0.5) is 0 Å². The number of benzene rings is 1. The molecule has 0 unspecified atom stereocenters. The van der Waals surface area contributed by atoms with Gasteiger partial charge in [0.15, 0.2) is 0 Å². The molecule has 0 saturated carbocycles. The summed E-state index contributed by atoms with van der Waals surface area (Å²) < 4.78 is 16.9. The van der Waals surface area contributed by atoms with Crippen molar-refractivity contribution in [1.82, 2.24) is 10.2 Å². The summed E-state index contributed by atoms with van der Waals surface area (Å²) in [6, 6.07) is 7.37. The number of nitrogens with zero attached hydrogens (tertiary/aromatic N) is 1. The molecular weight excluding hydrogens is 372 g/mol. The lowest BCUT2D eigenvalue weighted by Crippen LogP contribution is -2.46. The zero-order chi connectivity index (χ0) is 20.5. The molecule has 1 aromatic carbocycles. The van der Waals surface area contributed by atoms with E-state index >= 15 is 0 Å². The Labute approximate surface area is 172 Å². The van der Waals surface area contributed by atoms with Crippen molar-refractivity contribution in [2.45, 2.75) is 32.1 Å². The van der Waals surface area contributed by atoms with E-state index in [4.69, 9.17) is 14.2 Å². The number of para-hydroxylation sites is 1. The van der Waals surface area contributed by atoms with Gasteiger partial charge in [-0.1, -0.05) is 18.6 Å². The van der Waals surface area contributed by atoms with Crippen molar-refractivity contribution in [3.05, 3.63) is 29.8 Å². The van der Waals surface area contributed by atoms with Crippen LogP contribution in [-0.2, 0) is 14.3 Å². The highest BCUT2D eigenvalue weighted by molar-refractivity contribution is 5.96. The standard InChI is InChI=1S/C22H32N2O5/c1-27-16-20(25)24-12-9-22(10-13-24)8-4-5-14-28-15-11-23-21(26)18-6-2-3-7-19(18)29-17-22/h2-3,6-7H,4-5,8-17H2,1H3,(H,23,26). The molecule has 0 radical (unpaired) electrons. The average Bonchev–Trinajstić information content (AvgIpc) is 2.74. The van der Waals surface area contributed by atoms with E-state index < -0.39 is 0 Å². The molecule has 2 aliphatic heterocycles. The van der Waals surface area contributed by atoms with Crippen LogP contribution in [0, 0.1) is 5.41 Å². The quantitative estimate of drug-likeness (QED) is 0.818. The number of carbonyl (C=O) groups excluding carboxylic acids is 2. The molecule has 0 bridgehead atoms. The number of hydrogen-bond acceptors (Lipinski definition) is 5. The van der Waals surface area contributed by atoms with E-state index in [1.54, 1.807) is 13.2 Å². The summed E-state index contributed by atoms with van der Waals surface area (Å²) in [7, 11) is 1.55. The van der Waals surface area contributed by atoms with Gasteiger partial charge in [-0.25, -0.2) is 0 Å². The largest absolute Gasteiger partial charge is 0.492 e. The zero-order valence-electron chi connectivity index (χ0n) is 17.3. The van der Waals surface area contributed by atoms with E-state index in [1.165, 1.54) is 0 Å². The SMILES string of the molecule is COCC(=O)N1CCC2(CCCCOCCNC(=O)c3ccccc3OC2)CC1. The first-order chi connectivity index (χ1) is 14.1. The van der Waals surface area contributed by atoms with Crippen LogP contribution < -0.4 is 10.1 Å². The topological polar surface area (TPSA) is 77.1 Å². The monoisotopic (exact) mass is 404 g/mol. The zero-order valence-corrected chi connectivity index (χ0v) is 17.3. The summed E-state index contributed by atoms with van der Waals surface area (Å²) in [6.07, 6.45) is 4.84. The highest BCUT2D eigenvalue weighted by atomic mass is 16.5. The summed E-state index contributed by atoms with van der Waals surface area (Å²) in [5.74, 6) is 0.509. The van der Waals surface area contributed by atoms with Gasteiger partial charge in [0.25, 0.3) is 5.91 Å². The van der Waals surface area contributed by atoms with E-state index in [0.717, 1.165) is 32.1 Å². The molecule has 1 spiro atoms. The van der Waals surface area contributed by atoms with Gasteiger partial charge in [-0.2, -0.15) is 0 Å². The lowest BCUT2D eigenvalue weighted by Gasteiger charge is -2.42. The van der Waals surface area contributed by atoms with Gasteiger partial charge in [-0.15, -0.1) is 0 Å². The second-order valence-electron chi connectivity index (χ2n) is 7.92. The fourth-order valence-corrected chi connectivity index (χ4v) is 4.06. The number of ether oxygens (including phenoxy) is 3. The normalized spacial score (nSPS) is 20.9. The van der Waals surface area contributed by atoms with E-state index in [9.17, 15) is 9.59 Å². The van der Waals surface area contributed by atoms with Gasteiger partial charge in [-0.05, 0) is 37.8 Å². The molecule has 2 aliphatic rings. The first-order valence-electron chi connectivity index (χ1n) is 10.5. The third-order valence-electron chi connectivity index (χ3n) is 5.89. The van der Waals surface area contributed by atoms with Crippen LogP contribution in [0.5, 0.6) is 5.75 Å². The molecule has 160 valence electrons. The molecule has 7 nitrogen and oxygen atoms in total. The number of carbonyl (C=O) groups is 2. The molecule has 0 aromatic heterocycles. The number of likely N-dealkylation sites (tertiary alicyclic amines) is 1. The average molecular weight is 405 g/mol. The summed E-state index contributed by atoms with van der Waals surface area (Å²) in [6.45, 7) is 3.79. The van der Waals surface area contributed by atoms with Gasteiger partial charge >= 0.3 is 0 Å². The van der Waals surface area contributed by atoms with Crippen molar-refractivity contribution in [3.8, 4) is 5.75 Å². The fraction of sp³-hybridized carbons (Fsp3) is 0.636. The van der Waals surface area contributed by atoms with Gasteiger partial charge in [0.05, 0.1) is 18.8 Å². The number of hydrogen-bond donors (Lipinski definition) is 1. The second kappa shape index (κ2) is 10.6. The highest BCUT2D eigenvalue weighted by Crippen LogP contribution is 2.38. The van der Waals surface area contributed by atoms with Crippen LogP contribution in [-0.4, -0.2) is 69.9 Å². The van der Waals surface area contributed by atoms with Crippen molar-refractivity contribution < 1.29 is 23.8 Å². The van der Waals surface area contributed by atoms with E-state index in [1.807, 2.05) is 23.1 Å². The summed E-state index contributed by atoms with van der Waals surface area (Å²) in [5.41, 5.74) is 0.546. The predicted octanol–water partition coefficient (Wildman–Crippen LogP) is 2.25. The van der Waals surface area contributed by atoms with Gasteiger partial charge in [-0.3, -0.25) is 9.59 Å². The number of piperidine rings is 1. The Bertz CT molecular complexity index is 686. The van der Waals surface area contributed by atoms with Gasteiger partial charge in [0.1, 0.15) is 12.4 Å². The number of fused-ring (bicyclic) bond motifs is 1. The van der Waals surface area contributed by atoms with E-state index in [0.29, 0.717) is 50.8 Å². The van der Waals surface area contributed by atoms with Crippen LogP contribution >= 0.6 is 0 Å². The minimum atomic E-state index is -0.143. The first-order valence-corrected chi connectivity index (χ1v) is 10.5. The van der Waals surface area contributed by atoms with Crippen molar-refractivity contribution >= 4 is 11.8 Å². The summed E-state index contributed by atoms with van der Waals surface area (Å²) in [5, 5.41) is 2.89. The molecule has 1 fully saturated rings. The predicted molar refractivity (Wildman–Crippen MR) is 109 cm³/mol. The molecule has 3 rings (SSSR count). The maximum absolute atomic E-state index is 12.5. The van der Waals surface area contributed by atoms with Gasteiger partial charge in [0.2, 0.25) is 5.91 Å². The second-order valence-corrected chi connectivity index (χ2v) is 7.92. The summed E-state index contributed by atoms with van der Waals surface area (Å²) in [4.78, 5) is 26.6. The van der Waals surface area contributed by atoms with Crippen LogP contribution in [0.25, 0.3) is 0 Å². The van der Waals surface area contributed by atoms with Crippen molar-refractivity contribution in [2.75, 3.05) is 53.2 Å². The van der Waals surface area contributed by atoms with Gasteiger partial charge in [0, 0.05) is 38.8 Å². The number of rotatable bonds is 2. The van der Waals surface area contributed by atoms with Crippen LogP contribution in [0.1, 0.15) is 42.5 Å². The molecule has 0 atom stereocenters. The fourth-order valence-electron chi connectivity index (χ4n) is 4.06. The lowest BCUT2D eigenvalue weighted by atomic mass is 9.75. The first kappa shape index (κ1) is 21.6. The lowest BCUT2D eigenvalue weighted by molar-refractivity contribution is -0.138. The number of nitrogens with one attached hydrogen (secondary N) is 1. The van der Waals surface area contributed by atoms with Crippen LogP contribution in [0.2, 0.25) is 0 Å². The Morgan fingerprint density at radius 2 is 1.97 bits per heavy atom. The smallest absolute Gasteiger partial charge is 0.255 e. The van der Waals surface area contributed by atoms with Crippen LogP contribution in [0.3, 0.4) is 0 Å². The number of amides is 2. The maximum Gasteiger partial charge on any atom is 0.255 e. The minimum absolute atomic E-state index is 0.00242. The Balaban J connectivity index is 1.72. The molecular formula is C22H32N2O5. The Kier molecular flexibility index (Phi) is 7.89.